The second kappa shape index (κ2) is 6.00. The number of hydrogen-bond donors (Lipinski definition) is 2. The molecule has 0 saturated carbocycles. The SMILES string of the molecule is CCNc1ncc([N+](=O)[O-])c(NC2(C)CCOCC2)n1. The Morgan fingerprint density at radius 3 is 2.80 bits per heavy atom. The lowest BCUT2D eigenvalue weighted by Crippen LogP contribution is -2.41. The quantitative estimate of drug-likeness (QED) is 0.626. The zero-order valence-corrected chi connectivity index (χ0v) is 11.7. The van der Waals surface area contributed by atoms with Gasteiger partial charge in [0.1, 0.15) is 6.20 Å². The summed E-state index contributed by atoms with van der Waals surface area (Å²) in [5.74, 6) is 0.640. The molecular formula is C12H19N5O3. The van der Waals surface area contributed by atoms with Crippen LogP contribution in [0.4, 0.5) is 17.5 Å². The first-order valence-corrected chi connectivity index (χ1v) is 6.65. The van der Waals surface area contributed by atoms with Crippen LogP contribution in [0.5, 0.6) is 0 Å². The Morgan fingerprint density at radius 2 is 2.20 bits per heavy atom. The fourth-order valence-corrected chi connectivity index (χ4v) is 2.08. The minimum Gasteiger partial charge on any atom is -0.381 e. The molecule has 0 aromatic carbocycles. The molecule has 2 rings (SSSR count). The van der Waals surface area contributed by atoms with Crippen LogP contribution in [0, 0.1) is 10.1 Å². The molecule has 0 bridgehead atoms. The van der Waals surface area contributed by atoms with Gasteiger partial charge < -0.3 is 15.4 Å². The van der Waals surface area contributed by atoms with Crippen molar-refractivity contribution in [2.24, 2.45) is 0 Å². The van der Waals surface area contributed by atoms with E-state index >= 15 is 0 Å². The van der Waals surface area contributed by atoms with Crippen molar-refractivity contribution in [2.75, 3.05) is 30.4 Å². The Bertz CT molecular complexity index is 488. The van der Waals surface area contributed by atoms with E-state index in [1.54, 1.807) is 0 Å². The molecule has 1 aromatic rings. The van der Waals surface area contributed by atoms with Gasteiger partial charge in [-0.05, 0) is 26.7 Å². The lowest BCUT2D eigenvalue weighted by Gasteiger charge is -2.34. The molecule has 0 atom stereocenters. The standard InChI is InChI=1S/C12H19N5O3/c1-3-13-11-14-8-9(17(18)19)10(15-11)16-12(2)4-6-20-7-5-12/h8H,3-7H2,1-2H3,(H2,13,14,15,16). The largest absolute Gasteiger partial charge is 0.381 e. The average molecular weight is 281 g/mol. The fourth-order valence-electron chi connectivity index (χ4n) is 2.08. The topological polar surface area (TPSA) is 102 Å². The van der Waals surface area contributed by atoms with Crippen LogP contribution < -0.4 is 10.6 Å². The van der Waals surface area contributed by atoms with E-state index in [-0.39, 0.29) is 17.0 Å². The summed E-state index contributed by atoms with van der Waals surface area (Å²) in [6.07, 6.45) is 2.80. The van der Waals surface area contributed by atoms with E-state index in [4.69, 9.17) is 4.74 Å². The van der Waals surface area contributed by atoms with Gasteiger partial charge in [0, 0.05) is 25.3 Å². The lowest BCUT2D eigenvalue weighted by atomic mass is 9.92. The molecule has 1 aromatic heterocycles. The Labute approximate surface area is 117 Å². The summed E-state index contributed by atoms with van der Waals surface area (Å²) in [5, 5.41) is 17.2. The van der Waals surface area contributed by atoms with E-state index in [0.717, 1.165) is 12.8 Å². The number of nitrogens with one attached hydrogen (secondary N) is 2. The molecule has 1 saturated heterocycles. The van der Waals surface area contributed by atoms with Crippen LogP contribution in [0.2, 0.25) is 0 Å². The highest BCUT2D eigenvalue weighted by molar-refractivity contribution is 5.58. The van der Waals surface area contributed by atoms with Crippen LogP contribution in [0.15, 0.2) is 6.20 Å². The normalized spacial score (nSPS) is 17.5. The zero-order valence-electron chi connectivity index (χ0n) is 11.7. The van der Waals surface area contributed by atoms with Crippen molar-refractivity contribution in [3.63, 3.8) is 0 Å². The lowest BCUT2D eigenvalue weighted by molar-refractivity contribution is -0.384. The van der Waals surface area contributed by atoms with Gasteiger partial charge in [0.15, 0.2) is 0 Å². The number of nitrogens with zero attached hydrogens (tertiary/aromatic N) is 3. The summed E-state index contributed by atoms with van der Waals surface area (Å²) < 4.78 is 5.32. The second-order valence-corrected chi connectivity index (χ2v) is 5.01. The van der Waals surface area contributed by atoms with Crippen LogP contribution in [0.1, 0.15) is 26.7 Å². The van der Waals surface area contributed by atoms with Crippen molar-refractivity contribution in [1.29, 1.82) is 0 Å². The van der Waals surface area contributed by atoms with Gasteiger partial charge in [0.25, 0.3) is 0 Å². The number of anilines is 2. The van der Waals surface area contributed by atoms with Crippen LogP contribution in [-0.2, 0) is 4.74 Å². The Kier molecular flexibility index (Phi) is 4.33. The predicted molar refractivity (Wildman–Crippen MR) is 74.9 cm³/mol. The van der Waals surface area contributed by atoms with Crippen LogP contribution in [0.3, 0.4) is 0 Å². The van der Waals surface area contributed by atoms with Gasteiger partial charge >= 0.3 is 5.69 Å². The molecule has 1 aliphatic heterocycles. The van der Waals surface area contributed by atoms with E-state index in [0.29, 0.717) is 25.7 Å². The second-order valence-electron chi connectivity index (χ2n) is 5.01. The highest BCUT2D eigenvalue weighted by Gasteiger charge is 2.30. The maximum atomic E-state index is 11.1. The Hall–Kier alpha value is -1.96. The van der Waals surface area contributed by atoms with Crippen LogP contribution >= 0.6 is 0 Å². The molecule has 2 heterocycles. The number of rotatable bonds is 5. The molecular weight excluding hydrogens is 262 g/mol. The number of ether oxygens (including phenoxy) is 1. The van der Waals surface area contributed by atoms with E-state index in [9.17, 15) is 10.1 Å². The third-order valence-electron chi connectivity index (χ3n) is 3.32. The molecule has 0 unspecified atom stereocenters. The monoisotopic (exact) mass is 281 g/mol. The fraction of sp³-hybridized carbons (Fsp3) is 0.667. The third kappa shape index (κ3) is 3.32. The first kappa shape index (κ1) is 14.4. The molecule has 1 aliphatic rings. The average Bonchev–Trinajstić information content (AvgIpc) is 2.39. The molecule has 8 nitrogen and oxygen atoms in total. The highest BCUT2D eigenvalue weighted by atomic mass is 16.6. The molecule has 0 amide bonds. The zero-order chi connectivity index (χ0) is 14.6. The van der Waals surface area contributed by atoms with Crippen LogP contribution in [0.25, 0.3) is 0 Å². The van der Waals surface area contributed by atoms with Gasteiger partial charge in [-0.25, -0.2) is 4.98 Å². The number of nitro groups is 1. The molecule has 1 fully saturated rings. The van der Waals surface area contributed by atoms with Crippen molar-refractivity contribution < 1.29 is 9.66 Å². The minimum atomic E-state index is -0.471. The van der Waals surface area contributed by atoms with Crippen molar-refractivity contribution in [3.05, 3.63) is 16.3 Å². The molecule has 0 spiro atoms. The maximum Gasteiger partial charge on any atom is 0.329 e. The third-order valence-corrected chi connectivity index (χ3v) is 3.32. The van der Waals surface area contributed by atoms with Gasteiger partial charge in [-0.2, -0.15) is 4.98 Å². The molecule has 0 radical (unpaired) electrons. The summed E-state index contributed by atoms with van der Waals surface area (Å²) >= 11 is 0. The van der Waals surface area contributed by atoms with Crippen LogP contribution in [-0.4, -0.2) is 40.2 Å². The van der Waals surface area contributed by atoms with E-state index in [1.165, 1.54) is 6.20 Å². The van der Waals surface area contributed by atoms with Crippen molar-refractivity contribution in [1.82, 2.24) is 9.97 Å². The summed E-state index contributed by atoms with van der Waals surface area (Å²) in [6, 6.07) is 0. The van der Waals surface area contributed by atoms with Gasteiger partial charge in [-0.3, -0.25) is 10.1 Å². The predicted octanol–water partition coefficient (Wildman–Crippen LogP) is 1.80. The van der Waals surface area contributed by atoms with Gasteiger partial charge in [-0.15, -0.1) is 0 Å². The summed E-state index contributed by atoms with van der Waals surface area (Å²) in [4.78, 5) is 18.8. The Morgan fingerprint density at radius 1 is 1.50 bits per heavy atom. The first-order chi connectivity index (χ1) is 9.54. The molecule has 20 heavy (non-hydrogen) atoms. The minimum absolute atomic E-state index is 0.112. The van der Waals surface area contributed by atoms with Crippen molar-refractivity contribution in [3.8, 4) is 0 Å². The molecule has 2 N–H and O–H groups in total. The van der Waals surface area contributed by atoms with Crippen molar-refractivity contribution in [2.45, 2.75) is 32.2 Å². The van der Waals surface area contributed by atoms with Gasteiger partial charge in [0.05, 0.1) is 4.92 Å². The van der Waals surface area contributed by atoms with E-state index in [2.05, 4.69) is 20.6 Å². The highest BCUT2D eigenvalue weighted by Crippen LogP contribution is 2.29. The summed E-state index contributed by atoms with van der Waals surface area (Å²) in [6.45, 7) is 5.87. The maximum absolute atomic E-state index is 11.1. The molecule has 8 heteroatoms. The van der Waals surface area contributed by atoms with E-state index in [1.807, 2.05) is 13.8 Å². The van der Waals surface area contributed by atoms with Gasteiger partial charge in [0.2, 0.25) is 11.8 Å². The molecule has 110 valence electrons. The first-order valence-electron chi connectivity index (χ1n) is 6.65. The van der Waals surface area contributed by atoms with E-state index < -0.39 is 4.92 Å². The Balaban J connectivity index is 2.27. The molecule has 0 aliphatic carbocycles. The van der Waals surface area contributed by atoms with Crippen molar-refractivity contribution >= 4 is 17.5 Å². The summed E-state index contributed by atoms with van der Waals surface area (Å²) in [5.41, 5.74) is -0.361. The number of aromatic nitrogens is 2. The summed E-state index contributed by atoms with van der Waals surface area (Å²) in [7, 11) is 0. The number of hydrogen-bond acceptors (Lipinski definition) is 7. The van der Waals surface area contributed by atoms with Gasteiger partial charge in [-0.1, -0.05) is 0 Å². The smallest absolute Gasteiger partial charge is 0.329 e.